The Morgan fingerprint density at radius 3 is 2.53 bits per heavy atom. The van der Waals surface area contributed by atoms with Crippen molar-refractivity contribution in [2.45, 2.75) is 31.9 Å². The molecule has 15 heavy (non-hydrogen) atoms. The second-order valence-corrected chi connectivity index (χ2v) is 5.66. The van der Waals surface area contributed by atoms with Crippen LogP contribution in [-0.4, -0.2) is 35.6 Å². The quantitative estimate of drug-likeness (QED) is 0.360. The van der Waals surface area contributed by atoms with Gasteiger partial charge in [-0.25, -0.2) is 4.79 Å². The molecule has 0 aliphatic heterocycles. The Labute approximate surface area is 93.1 Å². The average molecular weight is 232 g/mol. The Balaban J connectivity index is 3.57. The maximum Gasteiger partial charge on any atom is 0.330 e. The van der Waals surface area contributed by atoms with Crippen molar-refractivity contribution in [3.8, 4) is 0 Å². The number of carbonyl (C=O) groups is 1. The highest BCUT2D eigenvalue weighted by Gasteiger charge is 2.11. The molecular weight excluding hydrogens is 212 g/mol. The molecular formula is C10H20O4Si. The molecule has 0 aromatic rings. The van der Waals surface area contributed by atoms with E-state index >= 15 is 0 Å². The van der Waals surface area contributed by atoms with Crippen LogP contribution in [0, 0.1) is 0 Å². The van der Waals surface area contributed by atoms with Crippen LogP contribution in [0.25, 0.3) is 0 Å². The molecule has 88 valence electrons. The molecule has 0 spiro atoms. The lowest BCUT2D eigenvalue weighted by molar-refractivity contribution is -0.142. The first kappa shape index (κ1) is 14.3. The monoisotopic (exact) mass is 232 g/mol. The summed E-state index contributed by atoms with van der Waals surface area (Å²) >= 11 is 0. The molecule has 1 atom stereocenters. The Morgan fingerprint density at radius 1 is 1.47 bits per heavy atom. The normalized spacial score (nSPS) is 12.5. The third kappa shape index (κ3) is 7.30. The van der Waals surface area contributed by atoms with E-state index in [2.05, 4.69) is 6.58 Å². The standard InChI is InChI=1S/C10H20O4Si/c1-5-10(11)14-9(2)7-6-8-15(12-3)13-4/h5,9,15H,1,6-8H2,2-4H3. The molecule has 0 aliphatic rings. The molecule has 0 saturated carbocycles. The van der Waals surface area contributed by atoms with Crippen LogP contribution in [0.2, 0.25) is 6.04 Å². The van der Waals surface area contributed by atoms with Gasteiger partial charge in [-0.15, -0.1) is 0 Å². The van der Waals surface area contributed by atoms with Gasteiger partial charge in [0.25, 0.3) is 0 Å². The van der Waals surface area contributed by atoms with Crippen molar-refractivity contribution in [1.82, 2.24) is 0 Å². The zero-order chi connectivity index (χ0) is 11.7. The SMILES string of the molecule is C=CC(=O)OC(C)CCC[SiH](OC)OC. The van der Waals surface area contributed by atoms with E-state index in [9.17, 15) is 4.79 Å². The molecule has 0 aromatic heterocycles. The van der Waals surface area contributed by atoms with E-state index in [-0.39, 0.29) is 12.1 Å². The number of rotatable bonds is 8. The summed E-state index contributed by atoms with van der Waals surface area (Å²) in [5.74, 6) is -0.366. The summed E-state index contributed by atoms with van der Waals surface area (Å²) in [7, 11) is 1.88. The van der Waals surface area contributed by atoms with Gasteiger partial charge in [-0.1, -0.05) is 6.58 Å². The van der Waals surface area contributed by atoms with Gasteiger partial charge in [0.05, 0.1) is 6.10 Å². The van der Waals surface area contributed by atoms with E-state index in [1.165, 1.54) is 6.08 Å². The summed E-state index contributed by atoms with van der Waals surface area (Å²) in [5, 5.41) is 0. The van der Waals surface area contributed by atoms with Crippen molar-refractivity contribution in [3.63, 3.8) is 0 Å². The second kappa shape index (κ2) is 8.64. The Bertz CT molecular complexity index is 192. The molecule has 0 rings (SSSR count). The number of hydrogen-bond acceptors (Lipinski definition) is 4. The van der Waals surface area contributed by atoms with Gasteiger partial charge < -0.3 is 13.6 Å². The minimum absolute atomic E-state index is 0.0705. The molecule has 5 heteroatoms. The van der Waals surface area contributed by atoms with Gasteiger partial charge in [0.15, 0.2) is 0 Å². The van der Waals surface area contributed by atoms with Gasteiger partial charge in [-0.2, -0.15) is 0 Å². The fourth-order valence-electron chi connectivity index (χ4n) is 1.21. The van der Waals surface area contributed by atoms with Crippen LogP contribution in [0.3, 0.4) is 0 Å². The lowest BCUT2D eigenvalue weighted by atomic mass is 10.2. The number of esters is 1. The summed E-state index contributed by atoms with van der Waals surface area (Å²) in [4.78, 5) is 10.9. The Hall–Kier alpha value is -0.653. The molecule has 0 radical (unpaired) electrons. The first-order valence-corrected chi connectivity index (χ1v) is 6.78. The zero-order valence-corrected chi connectivity index (χ0v) is 10.8. The molecule has 0 aliphatic carbocycles. The molecule has 0 amide bonds. The molecule has 0 N–H and O–H groups in total. The van der Waals surface area contributed by atoms with E-state index in [0.29, 0.717) is 0 Å². The van der Waals surface area contributed by atoms with Crippen molar-refractivity contribution in [3.05, 3.63) is 12.7 Å². The summed E-state index contributed by atoms with van der Waals surface area (Å²) in [6, 6.07) is 0.934. The smallest absolute Gasteiger partial charge is 0.330 e. The Morgan fingerprint density at radius 2 is 2.07 bits per heavy atom. The largest absolute Gasteiger partial charge is 0.460 e. The maximum atomic E-state index is 10.9. The van der Waals surface area contributed by atoms with Crippen molar-refractivity contribution in [1.29, 1.82) is 0 Å². The van der Waals surface area contributed by atoms with Gasteiger partial charge in [-0.3, -0.25) is 0 Å². The van der Waals surface area contributed by atoms with E-state index in [1.54, 1.807) is 14.2 Å². The van der Waals surface area contributed by atoms with Gasteiger partial charge in [-0.05, 0) is 25.8 Å². The molecule has 0 aromatic carbocycles. The number of ether oxygens (including phenoxy) is 1. The number of hydrogen-bond donors (Lipinski definition) is 0. The fourth-order valence-corrected chi connectivity index (χ4v) is 2.44. The van der Waals surface area contributed by atoms with Gasteiger partial charge >= 0.3 is 15.3 Å². The molecule has 0 fully saturated rings. The summed E-state index contributed by atoms with van der Waals surface area (Å²) < 4.78 is 15.4. The lowest BCUT2D eigenvalue weighted by Gasteiger charge is -2.13. The first-order valence-electron chi connectivity index (χ1n) is 5.02. The topological polar surface area (TPSA) is 44.8 Å². The highest BCUT2D eigenvalue weighted by atomic mass is 28.3. The Kier molecular flexibility index (Phi) is 8.26. The third-order valence-corrected chi connectivity index (χ3v) is 3.99. The highest BCUT2D eigenvalue weighted by molar-refractivity contribution is 6.44. The zero-order valence-electron chi connectivity index (χ0n) is 9.69. The van der Waals surface area contributed by atoms with E-state index in [0.717, 1.165) is 18.9 Å². The molecule has 0 heterocycles. The summed E-state index contributed by atoms with van der Waals surface area (Å²) in [6.45, 7) is 5.21. The highest BCUT2D eigenvalue weighted by Crippen LogP contribution is 2.08. The third-order valence-electron chi connectivity index (χ3n) is 2.06. The summed E-state index contributed by atoms with van der Waals surface area (Å²) in [5.41, 5.74) is 0. The van der Waals surface area contributed by atoms with Crippen molar-refractivity contribution in [2.24, 2.45) is 0 Å². The van der Waals surface area contributed by atoms with Crippen LogP contribution in [0.15, 0.2) is 12.7 Å². The lowest BCUT2D eigenvalue weighted by Crippen LogP contribution is -2.20. The van der Waals surface area contributed by atoms with Crippen LogP contribution >= 0.6 is 0 Å². The molecule has 0 saturated heterocycles. The van der Waals surface area contributed by atoms with Crippen molar-refractivity contribution >= 4 is 15.3 Å². The predicted octanol–water partition coefficient (Wildman–Crippen LogP) is 1.40. The maximum absolute atomic E-state index is 10.9. The predicted molar refractivity (Wildman–Crippen MR) is 61.0 cm³/mol. The molecule has 4 nitrogen and oxygen atoms in total. The van der Waals surface area contributed by atoms with Gasteiger partial charge in [0, 0.05) is 20.3 Å². The van der Waals surface area contributed by atoms with Crippen LogP contribution in [0.5, 0.6) is 0 Å². The van der Waals surface area contributed by atoms with Crippen LogP contribution in [0.1, 0.15) is 19.8 Å². The van der Waals surface area contributed by atoms with Crippen molar-refractivity contribution in [2.75, 3.05) is 14.2 Å². The first-order chi connectivity index (χ1) is 7.13. The second-order valence-electron chi connectivity index (χ2n) is 3.28. The van der Waals surface area contributed by atoms with Crippen LogP contribution in [-0.2, 0) is 18.4 Å². The summed E-state index contributed by atoms with van der Waals surface area (Å²) in [6.07, 6.45) is 2.89. The van der Waals surface area contributed by atoms with Gasteiger partial charge in [0.1, 0.15) is 0 Å². The number of carbonyl (C=O) groups excluding carboxylic acids is 1. The van der Waals surface area contributed by atoms with Crippen LogP contribution < -0.4 is 0 Å². The minimum atomic E-state index is -1.45. The molecule has 0 bridgehead atoms. The van der Waals surface area contributed by atoms with Crippen LogP contribution in [0.4, 0.5) is 0 Å². The van der Waals surface area contributed by atoms with E-state index in [4.69, 9.17) is 13.6 Å². The van der Waals surface area contributed by atoms with Crippen molar-refractivity contribution < 1.29 is 18.4 Å². The van der Waals surface area contributed by atoms with E-state index in [1.807, 2.05) is 6.92 Å². The minimum Gasteiger partial charge on any atom is -0.460 e. The average Bonchev–Trinajstić information content (AvgIpc) is 2.24. The van der Waals surface area contributed by atoms with Gasteiger partial charge in [0.2, 0.25) is 0 Å². The van der Waals surface area contributed by atoms with E-state index < -0.39 is 9.28 Å². The molecule has 1 unspecified atom stereocenters. The fraction of sp³-hybridized carbons (Fsp3) is 0.700.